The largest absolute Gasteiger partial charge is 0.326 e. The summed E-state index contributed by atoms with van der Waals surface area (Å²) in [5, 5.41) is 5.07. The molecule has 8 heteroatoms. The van der Waals surface area contributed by atoms with Crippen LogP contribution in [0.5, 0.6) is 0 Å². The van der Waals surface area contributed by atoms with Crippen molar-refractivity contribution in [3.63, 3.8) is 0 Å². The molecule has 4 rings (SSSR count). The van der Waals surface area contributed by atoms with Gasteiger partial charge in [0.25, 0.3) is 11.8 Å². The molecule has 0 bridgehead atoms. The zero-order valence-electron chi connectivity index (χ0n) is 15.6. The van der Waals surface area contributed by atoms with Crippen LogP contribution in [0.1, 0.15) is 44.7 Å². The molecule has 1 saturated heterocycles. The van der Waals surface area contributed by atoms with Gasteiger partial charge < -0.3 is 16.0 Å². The van der Waals surface area contributed by atoms with E-state index in [1.165, 1.54) is 4.90 Å². The third kappa shape index (κ3) is 3.62. The Bertz CT molecular complexity index is 1020. The Balaban J connectivity index is 1.50. The summed E-state index contributed by atoms with van der Waals surface area (Å²) >= 11 is 0. The minimum absolute atomic E-state index is 0.202. The van der Waals surface area contributed by atoms with E-state index in [1.807, 2.05) is 12.1 Å². The van der Waals surface area contributed by atoms with Gasteiger partial charge in [-0.1, -0.05) is 18.2 Å². The lowest BCUT2D eigenvalue weighted by atomic mass is 10.0. The summed E-state index contributed by atoms with van der Waals surface area (Å²) in [5.74, 6) is -1.42. The monoisotopic (exact) mass is 392 g/mol. The van der Waals surface area contributed by atoms with Crippen LogP contribution in [0.2, 0.25) is 0 Å². The van der Waals surface area contributed by atoms with E-state index in [2.05, 4.69) is 10.6 Å². The third-order valence-corrected chi connectivity index (χ3v) is 5.24. The lowest BCUT2D eigenvalue weighted by Crippen LogP contribution is -2.52. The first-order valence-electron chi connectivity index (χ1n) is 9.34. The normalized spacial score (nSPS) is 18.4. The van der Waals surface area contributed by atoms with Gasteiger partial charge in [-0.15, -0.1) is 0 Å². The van der Waals surface area contributed by atoms with E-state index in [9.17, 15) is 19.2 Å². The molecule has 2 heterocycles. The third-order valence-electron chi connectivity index (χ3n) is 5.24. The number of benzene rings is 2. The molecule has 1 atom stereocenters. The summed E-state index contributed by atoms with van der Waals surface area (Å²) in [5.41, 5.74) is 8.67. The van der Waals surface area contributed by atoms with Crippen LogP contribution in [0, 0.1) is 0 Å². The van der Waals surface area contributed by atoms with Crippen molar-refractivity contribution in [2.75, 3.05) is 5.32 Å². The van der Waals surface area contributed by atoms with Gasteiger partial charge >= 0.3 is 0 Å². The molecular weight excluding hydrogens is 372 g/mol. The lowest BCUT2D eigenvalue weighted by Gasteiger charge is -2.29. The van der Waals surface area contributed by atoms with E-state index < -0.39 is 11.9 Å². The van der Waals surface area contributed by atoms with Crippen LogP contribution in [0.3, 0.4) is 0 Å². The molecule has 4 amide bonds. The summed E-state index contributed by atoms with van der Waals surface area (Å²) < 4.78 is 0. The molecular formula is C21H20N4O4. The Morgan fingerprint density at radius 2 is 1.90 bits per heavy atom. The second kappa shape index (κ2) is 7.48. The molecule has 2 aromatic rings. The maximum Gasteiger partial charge on any atom is 0.255 e. The number of hydrogen-bond acceptors (Lipinski definition) is 5. The summed E-state index contributed by atoms with van der Waals surface area (Å²) in [4.78, 5) is 50.4. The average Bonchev–Trinajstić information content (AvgIpc) is 3.04. The van der Waals surface area contributed by atoms with E-state index in [1.54, 1.807) is 30.3 Å². The summed E-state index contributed by atoms with van der Waals surface area (Å²) in [6, 6.07) is 11.5. The van der Waals surface area contributed by atoms with Gasteiger partial charge in [-0.2, -0.15) is 0 Å². The molecule has 148 valence electrons. The van der Waals surface area contributed by atoms with Gasteiger partial charge in [0, 0.05) is 36.3 Å². The molecule has 0 saturated carbocycles. The van der Waals surface area contributed by atoms with Crippen molar-refractivity contribution >= 4 is 29.3 Å². The molecule has 1 fully saturated rings. The number of amides is 4. The summed E-state index contributed by atoms with van der Waals surface area (Å²) in [7, 11) is 0. The highest BCUT2D eigenvalue weighted by Crippen LogP contribution is 2.28. The van der Waals surface area contributed by atoms with E-state index in [0.29, 0.717) is 29.8 Å². The van der Waals surface area contributed by atoms with Crippen LogP contribution >= 0.6 is 0 Å². The molecule has 2 aliphatic heterocycles. The minimum Gasteiger partial charge on any atom is -0.326 e. The van der Waals surface area contributed by atoms with Gasteiger partial charge in [0.2, 0.25) is 11.8 Å². The number of rotatable bonds is 4. The van der Waals surface area contributed by atoms with Crippen molar-refractivity contribution in [1.82, 2.24) is 10.2 Å². The Kier molecular flexibility index (Phi) is 4.85. The van der Waals surface area contributed by atoms with Crippen molar-refractivity contribution in [2.24, 2.45) is 5.73 Å². The molecule has 29 heavy (non-hydrogen) atoms. The van der Waals surface area contributed by atoms with Crippen LogP contribution in [-0.4, -0.2) is 34.6 Å². The highest BCUT2D eigenvalue weighted by Gasteiger charge is 2.39. The second-order valence-electron chi connectivity index (χ2n) is 7.13. The molecule has 0 aromatic heterocycles. The second-order valence-corrected chi connectivity index (χ2v) is 7.13. The maximum atomic E-state index is 12.8. The van der Waals surface area contributed by atoms with Gasteiger partial charge in [-0.05, 0) is 41.8 Å². The molecule has 1 unspecified atom stereocenters. The van der Waals surface area contributed by atoms with Gasteiger partial charge in [0.05, 0.1) is 0 Å². The van der Waals surface area contributed by atoms with Gasteiger partial charge in [0.15, 0.2) is 0 Å². The Hall–Kier alpha value is -3.52. The highest BCUT2D eigenvalue weighted by atomic mass is 16.2. The average molecular weight is 392 g/mol. The van der Waals surface area contributed by atoms with Crippen molar-refractivity contribution in [2.45, 2.75) is 32.0 Å². The van der Waals surface area contributed by atoms with Crippen LogP contribution in [0.25, 0.3) is 0 Å². The zero-order chi connectivity index (χ0) is 20.5. The molecule has 2 aliphatic rings. The molecule has 2 aromatic carbocycles. The predicted octanol–water partition coefficient (Wildman–Crippen LogP) is 1.16. The first-order valence-corrected chi connectivity index (χ1v) is 9.34. The number of piperidine rings is 1. The predicted molar refractivity (Wildman–Crippen MR) is 105 cm³/mol. The van der Waals surface area contributed by atoms with Crippen molar-refractivity contribution in [3.8, 4) is 0 Å². The van der Waals surface area contributed by atoms with Crippen LogP contribution in [-0.2, 0) is 22.7 Å². The number of nitrogens with zero attached hydrogens (tertiary/aromatic N) is 1. The SMILES string of the molecule is NCc1ccc(NC(=O)c2ccc3c(c2)C(=O)N(C2CCC(=O)NC2=O)C3)cc1. The fraction of sp³-hybridized carbons (Fsp3) is 0.238. The highest BCUT2D eigenvalue weighted by molar-refractivity contribution is 6.08. The Morgan fingerprint density at radius 3 is 2.59 bits per heavy atom. The van der Waals surface area contributed by atoms with Gasteiger partial charge in [-0.3, -0.25) is 24.5 Å². The van der Waals surface area contributed by atoms with E-state index in [4.69, 9.17) is 5.73 Å². The molecule has 4 N–H and O–H groups in total. The van der Waals surface area contributed by atoms with Crippen molar-refractivity contribution < 1.29 is 19.2 Å². The number of fused-ring (bicyclic) bond motifs is 1. The first-order chi connectivity index (χ1) is 14.0. The smallest absolute Gasteiger partial charge is 0.255 e. The maximum absolute atomic E-state index is 12.8. The number of nitrogens with one attached hydrogen (secondary N) is 2. The van der Waals surface area contributed by atoms with Crippen LogP contribution in [0.15, 0.2) is 42.5 Å². The van der Waals surface area contributed by atoms with Crippen molar-refractivity contribution in [3.05, 3.63) is 64.7 Å². The van der Waals surface area contributed by atoms with Crippen molar-refractivity contribution in [1.29, 1.82) is 0 Å². The fourth-order valence-electron chi connectivity index (χ4n) is 3.62. The summed E-state index contributed by atoms with van der Waals surface area (Å²) in [6.07, 6.45) is 0.504. The molecule has 0 spiro atoms. The lowest BCUT2D eigenvalue weighted by molar-refractivity contribution is -0.136. The van der Waals surface area contributed by atoms with E-state index in [-0.39, 0.29) is 30.7 Å². The minimum atomic E-state index is -0.675. The number of carbonyl (C=O) groups is 4. The standard InChI is InChI=1S/C21H20N4O4/c22-10-12-1-5-15(6-2-12)23-19(27)13-3-4-14-11-25(21(29)16(14)9-13)17-7-8-18(26)24-20(17)28/h1-6,9,17H,7-8,10-11,22H2,(H,23,27)(H,24,26,28). The topological polar surface area (TPSA) is 122 Å². The van der Waals surface area contributed by atoms with Gasteiger partial charge in [0.1, 0.15) is 6.04 Å². The summed E-state index contributed by atoms with van der Waals surface area (Å²) in [6.45, 7) is 0.702. The fourth-order valence-corrected chi connectivity index (χ4v) is 3.62. The van der Waals surface area contributed by atoms with Crippen LogP contribution < -0.4 is 16.4 Å². The number of anilines is 1. The van der Waals surface area contributed by atoms with Crippen LogP contribution in [0.4, 0.5) is 5.69 Å². The number of nitrogens with two attached hydrogens (primary N) is 1. The molecule has 8 nitrogen and oxygen atoms in total. The quantitative estimate of drug-likeness (QED) is 0.674. The molecule has 0 aliphatic carbocycles. The zero-order valence-corrected chi connectivity index (χ0v) is 15.6. The number of imide groups is 1. The van der Waals surface area contributed by atoms with Gasteiger partial charge in [-0.25, -0.2) is 0 Å². The van der Waals surface area contributed by atoms with E-state index in [0.717, 1.165) is 11.1 Å². The van der Waals surface area contributed by atoms with E-state index >= 15 is 0 Å². The Morgan fingerprint density at radius 1 is 1.14 bits per heavy atom. The number of carbonyl (C=O) groups excluding carboxylic acids is 4. The Labute approximate surface area is 167 Å². The number of hydrogen-bond donors (Lipinski definition) is 3. The first kappa shape index (κ1) is 18.8. The molecule has 0 radical (unpaired) electrons.